The molecular formula is C16H24N2. The number of likely N-dealkylation sites (N-methyl/N-ethyl adjacent to an activating group) is 1. The summed E-state index contributed by atoms with van der Waals surface area (Å²) in [6.07, 6.45) is 6.44. The van der Waals surface area contributed by atoms with Gasteiger partial charge in [0, 0.05) is 12.6 Å². The summed E-state index contributed by atoms with van der Waals surface area (Å²) in [5, 5.41) is 0. The highest BCUT2D eigenvalue weighted by atomic mass is 15.3. The first-order valence-corrected chi connectivity index (χ1v) is 7.37. The highest BCUT2D eigenvalue weighted by Gasteiger charge is 2.45. The first-order chi connectivity index (χ1) is 8.81. The monoisotopic (exact) mass is 244 g/mol. The van der Waals surface area contributed by atoms with E-state index in [2.05, 4.69) is 36.1 Å². The zero-order chi connectivity index (χ0) is 12.6. The summed E-state index contributed by atoms with van der Waals surface area (Å²) < 4.78 is 0. The van der Waals surface area contributed by atoms with Crippen molar-refractivity contribution >= 4 is 0 Å². The van der Waals surface area contributed by atoms with Gasteiger partial charge in [-0.15, -0.1) is 0 Å². The Morgan fingerprint density at radius 3 is 2.78 bits per heavy atom. The van der Waals surface area contributed by atoms with Gasteiger partial charge in [-0.2, -0.15) is 0 Å². The SMILES string of the molecule is CCN(C1CC1)C1(CN)CCCc2ccccc21. The normalized spacial score (nSPS) is 27.3. The Balaban J connectivity index is 2.05. The molecule has 18 heavy (non-hydrogen) atoms. The van der Waals surface area contributed by atoms with Gasteiger partial charge >= 0.3 is 0 Å². The lowest BCUT2D eigenvalue weighted by molar-refractivity contribution is 0.0710. The van der Waals surface area contributed by atoms with Crippen LogP contribution in [0.2, 0.25) is 0 Å². The van der Waals surface area contributed by atoms with E-state index in [1.807, 2.05) is 0 Å². The second-order valence-electron chi connectivity index (χ2n) is 5.76. The molecule has 0 saturated heterocycles. The van der Waals surface area contributed by atoms with Crippen LogP contribution in [0.1, 0.15) is 43.7 Å². The van der Waals surface area contributed by atoms with Gasteiger partial charge in [-0.25, -0.2) is 0 Å². The zero-order valence-corrected chi connectivity index (χ0v) is 11.4. The number of hydrogen-bond donors (Lipinski definition) is 1. The quantitative estimate of drug-likeness (QED) is 0.882. The summed E-state index contributed by atoms with van der Waals surface area (Å²) in [5.74, 6) is 0. The number of hydrogen-bond acceptors (Lipinski definition) is 2. The van der Waals surface area contributed by atoms with Crippen molar-refractivity contribution in [3.05, 3.63) is 35.4 Å². The van der Waals surface area contributed by atoms with Crippen molar-refractivity contribution in [2.75, 3.05) is 13.1 Å². The van der Waals surface area contributed by atoms with E-state index < -0.39 is 0 Å². The Labute approximate surface area is 110 Å². The van der Waals surface area contributed by atoms with Gasteiger partial charge in [0.15, 0.2) is 0 Å². The molecule has 0 spiro atoms. The minimum Gasteiger partial charge on any atom is -0.328 e. The maximum atomic E-state index is 6.25. The van der Waals surface area contributed by atoms with Crippen LogP contribution in [0.5, 0.6) is 0 Å². The first-order valence-electron chi connectivity index (χ1n) is 7.37. The van der Waals surface area contributed by atoms with Crippen LogP contribution in [-0.2, 0) is 12.0 Å². The fourth-order valence-corrected chi connectivity index (χ4v) is 3.82. The molecule has 98 valence electrons. The molecule has 2 aliphatic carbocycles. The summed E-state index contributed by atoms with van der Waals surface area (Å²) in [7, 11) is 0. The van der Waals surface area contributed by atoms with Crippen molar-refractivity contribution in [2.45, 2.75) is 50.6 Å². The molecule has 0 heterocycles. The maximum Gasteiger partial charge on any atom is 0.0588 e. The van der Waals surface area contributed by atoms with Crippen molar-refractivity contribution < 1.29 is 0 Å². The second kappa shape index (κ2) is 4.67. The molecule has 3 rings (SSSR count). The van der Waals surface area contributed by atoms with Gasteiger partial charge < -0.3 is 5.73 Å². The number of benzene rings is 1. The second-order valence-corrected chi connectivity index (χ2v) is 5.76. The molecule has 1 unspecified atom stereocenters. The van der Waals surface area contributed by atoms with Gasteiger partial charge in [0.2, 0.25) is 0 Å². The molecule has 1 aromatic carbocycles. The number of nitrogens with two attached hydrogens (primary N) is 1. The fraction of sp³-hybridized carbons (Fsp3) is 0.625. The fourth-order valence-electron chi connectivity index (χ4n) is 3.82. The predicted octanol–water partition coefficient (Wildman–Crippen LogP) is 2.66. The summed E-state index contributed by atoms with van der Waals surface area (Å²) in [5.41, 5.74) is 9.40. The van der Waals surface area contributed by atoms with E-state index in [0.717, 1.165) is 19.1 Å². The molecule has 2 N–H and O–H groups in total. The smallest absolute Gasteiger partial charge is 0.0588 e. The van der Waals surface area contributed by atoms with Crippen LogP contribution < -0.4 is 5.73 Å². The van der Waals surface area contributed by atoms with Gasteiger partial charge in [0.1, 0.15) is 0 Å². The predicted molar refractivity (Wildman–Crippen MR) is 75.5 cm³/mol. The molecule has 2 aliphatic rings. The van der Waals surface area contributed by atoms with Crippen LogP contribution >= 0.6 is 0 Å². The van der Waals surface area contributed by atoms with E-state index in [4.69, 9.17) is 5.73 Å². The lowest BCUT2D eigenvalue weighted by Crippen LogP contribution is -2.54. The molecule has 2 heteroatoms. The highest BCUT2D eigenvalue weighted by Crippen LogP contribution is 2.44. The molecule has 1 saturated carbocycles. The third-order valence-corrected chi connectivity index (χ3v) is 4.77. The molecule has 0 aliphatic heterocycles. The average Bonchev–Trinajstić information content (AvgIpc) is 3.24. The minimum absolute atomic E-state index is 0.116. The highest BCUT2D eigenvalue weighted by molar-refractivity contribution is 5.37. The Bertz CT molecular complexity index is 425. The Morgan fingerprint density at radius 1 is 1.33 bits per heavy atom. The number of aryl methyl sites for hydroxylation is 1. The van der Waals surface area contributed by atoms with Gasteiger partial charge in [0.25, 0.3) is 0 Å². The number of nitrogens with zero attached hydrogens (tertiary/aromatic N) is 1. The van der Waals surface area contributed by atoms with Crippen molar-refractivity contribution in [1.82, 2.24) is 4.90 Å². The molecule has 0 bridgehead atoms. The van der Waals surface area contributed by atoms with E-state index in [1.54, 1.807) is 0 Å². The van der Waals surface area contributed by atoms with E-state index in [9.17, 15) is 0 Å². The molecule has 0 radical (unpaired) electrons. The third-order valence-electron chi connectivity index (χ3n) is 4.77. The maximum absolute atomic E-state index is 6.25. The first kappa shape index (κ1) is 12.2. The van der Waals surface area contributed by atoms with Crippen molar-refractivity contribution in [2.24, 2.45) is 5.73 Å². The average molecular weight is 244 g/mol. The Hall–Kier alpha value is -0.860. The van der Waals surface area contributed by atoms with E-state index >= 15 is 0 Å². The van der Waals surface area contributed by atoms with Crippen molar-refractivity contribution in [1.29, 1.82) is 0 Å². The lowest BCUT2D eigenvalue weighted by Gasteiger charge is -2.47. The summed E-state index contributed by atoms with van der Waals surface area (Å²) >= 11 is 0. The van der Waals surface area contributed by atoms with E-state index in [-0.39, 0.29) is 5.54 Å². The van der Waals surface area contributed by atoms with Crippen molar-refractivity contribution in [3.63, 3.8) is 0 Å². The Morgan fingerprint density at radius 2 is 2.11 bits per heavy atom. The van der Waals surface area contributed by atoms with Crippen LogP contribution in [0.3, 0.4) is 0 Å². The van der Waals surface area contributed by atoms with Gasteiger partial charge in [-0.05, 0) is 49.8 Å². The van der Waals surface area contributed by atoms with Crippen LogP contribution in [0, 0.1) is 0 Å². The third kappa shape index (κ3) is 1.79. The standard InChI is InChI=1S/C16H24N2/c1-2-18(14-9-10-14)16(12-17)11-5-7-13-6-3-4-8-15(13)16/h3-4,6,8,14H,2,5,7,9-12,17H2,1H3. The summed E-state index contributed by atoms with van der Waals surface area (Å²) in [6, 6.07) is 9.73. The van der Waals surface area contributed by atoms with Crippen LogP contribution in [0.25, 0.3) is 0 Å². The molecular weight excluding hydrogens is 220 g/mol. The van der Waals surface area contributed by atoms with Crippen LogP contribution in [0.4, 0.5) is 0 Å². The summed E-state index contributed by atoms with van der Waals surface area (Å²) in [6.45, 7) is 4.16. The molecule has 0 amide bonds. The molecule has 1 atom stereocenters. The van der Waals surface area contributed by atoms with Crippen LogP contribution in [-0.4, -0.2) is 24.0 Å². The van der Waals surface area contributed by atoms with Crippen LogP contribution in [0.15, 0.2) is 24.3 Å². The van der Waals surface area contributed by atoms with Gasteiger partial charge in [0.05, 0.1) is 5.54 Å². The Kier molecular flexibility index (Phi) is 3.16. The molecule has 1 fully saturated rings. The molecule has 0 aromatic heterocycles. The van der Waals surface area contributed by atoms with E-state index in [1.165, 1.54) is 43.2 Å². The van der Waals surface area contributed by atoms with Gasteiger partial charge in [-0.1, -0.05) is 31.2 Å². The topological polar surface area (TPSA) is 29.3 Å². The molecule has 1 aromatic rings. The van der Waals surface area contributed by atoms with Crippen molar-refractivity contribution in [3.8, 4) is 0 Å². The number of fused-ring (bicyclic) bond motifs is 1. The lowest BCUT2D eigenvalue weighted by atomic mass is 9.75. The summed E-state index contributed by atoms with van der Waals surface area (Å²) in [4.78, 5) is 2.69. The van der Waals surface area contributed by atoms with E-state index in [0.29, 0.717) is 0 Å². The van der Waals surface area contributed by atoms with Gasteiger partial charge in [-0.3, -0.25) is 4.90 Å². The molecule has 2 nitrogen and oxygen atoms in total. The minimum atomic E-state index is 0.116. The number of rotatable bonds is 4. The largest absolute Gasteiger partial charge is 0.328 e. The zero-order valence-electron chi connectivity index (χ0n) is 11.4.